The summed E-state index contributed by atoms with van der Waals surface area (Å²) in [5.74, 6) is 0. The first-order valence-corrected chi connectivity index (χ1v) is 8.55. The molecule has 0 aliphatic heterocycles. The standard InChI is InChI=1S/C14H21ClN2O2S/c1-9-6-11(15)13(7-12(9)16)20(18,19)17-10-4-5-14(2,3)8-10/h6-7,10,17H,4-5,8,16H2,1-3H3. The molecule has 1 saturated carbocycles. The van der Waals surface area contributed by atoms with Gasteiger partial charge in [0.15, 0.2) is 0 Å². The van der Waals surface area contributed by atoms with E-state index in [1.165, 1.54) is 6.07 Å². The molecule has 0 radical (unpaired) electrons. The van der Waals surface area contributed by atoms with E-state index in [2.05, 4.69) is 18.6 Å². The Balaban J connectivity index is 2.26. The molecular weight excluding hydrogens is 296 g/mol. The largest absolute Gasteiger partial charge is 0.398 e. The van der Waals surface area contributed by atoms with Crippen LogP contribution in [0.4, 0.5) is 5.69 Å². The highest BCUT2D eigenvalue weighted by Crippen LogP contribution is 2.38. The average Bonchev–Trinajstić information content (AvgIpc) is 2.62. The Morgan fingerprint density at radius 1 is 1.40 bits per heavy atom. The first kappa shape index (κ1) is 15.6. The molecule has 1 aliphatic rings. The quantitative estimate of drug-likeness (QED) is 0.842. The van der Waals surface area contributed by atoms with Crippen molar-refractivity contribution in [2.45, 2.75) is 51.0 Å². The van der Waals surface area contributed by atoms with Crippen LogP contribution in [0.25, 0.3) is 0 Å². The first-order chi connectivity index (χ1) is 9.11. The minimum atomic E-state index is -3.63. The molecule has 0 spiro atoms. The smallest absolute Gasteiger partial charge is 0.242 e. The van der Waals surface area contributed by atoms with Crippen molar-refractivity contribution in [2.24, 2.45) is 5.41 Å². The van der Waals surface area contributed by atoms with Gasteiger partial charge in [0.2, 0.25) is 10.0 Å². The highest BCUT2D eigenvalue weighted by molar-refractivity contribution is 7.89. The molecule has 20 heavy (non-hydrogen) atoms. The predicted octanol–water partition coefficient (Wildman–Crippen LogP) is 3.09. The third kappa shape index (κ3) is 3.27. The second-order valence-electron chi connectivity index (χ2n) is 6.36. The van der Waals surface area contributed by atoms with Gasteiger partial charge in [0, 0.05) is 11.7 Å². The molecule has 0 aromatic heterocycles. The lowest BCUT2D eigenvalue weighted by Gasteiger charge is -2.18. The van der Waals surface area contributed by atoms with Crippen LogP contribution in [-0.4, -0.2) is 14.5 Å². The molecule has 1 atom stereocenters. The SMILES string of the molecule is Cc1cc(Cl)c(S(=O)(=O)NC2CCC(C)(C)C2)cc1N. The van der Waals surface area contributed by atoms with Gasteiger partial charge < -0.3 is 5.73 Å². The molecule has 6 heteroatoms. The van der Waals surface area contributed by atoms with Crippen molar-refractivity contribution in [2.75, 3.05) is 5.73 Å². The Labute approximate surface area is 125 Å². The molecule has 3 N–H and O–H groups in total. The number of nitrogens with one attached hydrogen (secondary N) is 1. The van der Waals surface area contributed by atoms with Crippen molar-refractivity contribution >= 4 is 27.3 Å². The molecule has 112 valence electrons. The van der Waals surface area contributed by atoms with E-state index in [4.69, 9.17) is 17.3 Å². The van der Waals surface area contributed by atoms with Crippen molar-refractivity contribution in [3.05, 3.63) is 22.7 Å². The van der Waals surface area contributed by atoms with Gasteiger partial charge in [-0.2, -0.15) is 0 Å². The predicted molar refractivity (Wildman–Crippen MR) is 82.3 cm³/mol. The van der Waals surface area contributed by atoms with Crippen molar-refractivity contribution in [3.8, 4) is 0 Å². The number of anilines is 1. The van der Waals surface area contributed by atoms with E-state index < -0.39 is 10.0 Å². The second kappa shape index (κ2) is 5.20. The molecule has 1 fully saturated rings. The van der Waals surface area contributed by atoms with Gasteiger partial charge in [-0.25, -0.2) is 13.1 Å². The van der Waals surface area contributed by atoms with E-state index in [-0.39, 0.29) is 21.4 Å². The third-order valence-corrected chi connectivity index (χ3v) is 5.89. The van der Waals surface area contributed by atoms with Crippen molar-refractivity contribution in [3.63, 3.8) is 0 Å². The Hall–Kier alpha value is -0.780. The number of hydrogen-bond acceptors (Lipinski definition) is 3. The van der Waals surface area contributed by atoms with Gasteiger partial charge in [0.1, 0.15) is 4.90 Å². The maximum Gasteiger partial charge on any atom is 0.242 e. The van der Waals surface area contributed by atoms with Crippen LogP contribution in [0.2, 0.25) is 5.02 Å². The molecule has 2 rings (SSSR count). The zero-order valence-electron chi connectivity index (χ0n) is 12.0. The topological polar surface area (TPSA) is 72.2 Å². The number of halogens is 1. The molecule has 1 aromatic carbocycles. The fourth-order valence-electron chi connectivity index (χ4n) is 2.69. The second-order valence-corrected chi connectivity index (χ2v) is 8.45. The molecule has 0 bridgehead atoms. The van der Waals surface area contributed by atoms with E-state index in [1.54, 1.807) is 13.0 Å². The van der Waals surface area contributed by atoms with Gasteiger partial charge in [-0.3, -0.25) is 0 Å². The van der Waals surface area contributed by atoms with Crippen LogP contribution >= 0.6 is 11.6 Å². The van der Waals surface area contributed by atoms with Crippen LogP contribution in [0, 0.1) is 12.3 Å². The molecule has 1 aromatic rings. The summed E-state index contributed by atoms with van der Waals surface area (Å²) in [6.07, 6.45) is 2.71. The Morgan fingerprint density at radius 3 is 2.60 bits per heavy atom. The zero-order chi connectivity index (χ0) is 15.1. The maximum atomic E-state index is 12.4. The zero-order valence-corrected chi connectivity index (χ0v) is 13.6. The monoisotopic (exact) mass is 316 g/mol. The van der Waals surface area contributed by atoms with E-state index >= 15 is 0 Å². The molecule has 4 nitrogen and oxygen atoms in total. The van der Waals surface area contributed by atoms with Gasteiger partial charge in [-0.15, -0.1) is 0 Å². The Kier molecular flexibility index (Phi) is 4.06. The van der Waals surface area contributed by atoms with E-state index in [0.717, 1.165) is 24.8 Å². The third-order valence-electron chi connectivity index (χ3n) is 3.90. The number of rotatable bonds is 3. The normalized spacial score (nSPS) is 22.1. The molecule has 0 saturated heterocycles. The number of hydrogen-bond donors (Lipinski definition) is 2. The lowest BCUT2D eigenvalue weighted by atomic mass is 9.92. The number of benzene rings is 1. The van der Waals surface area contributed by atoms with Gasteiger partial charge >= 0.3 is 0 Å². The summed E-state index contributed by atoms with van der Waals surface area (Å²) in [4.78, 5) is 0.0620. The Bertz CT molecular complexity index is 626. The van der Waals surface area contributed by atoms with Crippen LogP contribution in [0.15, 0.2) is 17.0 Å². The van der Waals surface area contributed by atoms with Gasteiger partial charge in [-0.1, -0.05) is 25.4 Å². The summed E-state index contributed by atoms with van der Waals surface area (Å²) in [6, 6.07) is 2.98. The van der Waals surface area contributed by atoms with Crippen LogP contribution in [-0.2, 0) is 10.0 Å². The first-order valence-electron chi connectivity index (χ1n) is 6.69. The van der Waals surface area contributed by atoms with Crippen molar-refractivity contribution in [1.29, 1.82) is 0 Å². The van der Waals surface area contributed by atoms with Gasteiger partial charge in [0.05, 0.1) is 5.02 Å². The van der Waals surface area contributed by atoms with Crippen LogP contribution in [0.3, 0.4) is 0 Å². The molecule has 0 heterocycles. The fourth-order valence-corrected chi connectivity index (χ4v) is 4.58. The van der Waals surface area contributed by atoms with Gasteiger partial charge in [-0.05, 0) is 49.3 Å². The summed E-state index contributed by atoms with van der Waals surface area (Å²) in [5, 5.41) is 0.210. The van der Waals surface area contributed by atoms with E-state index in [1.807, 2.05) is 0 Å². The summed E-state index contributed by atoms with van der Waals surface area (Å²) in [6.45, 7) is 6.10. The number of nitrogens with two attached hydrogens (primary N) is 1. The molecular formula is C14H21ClN2O2S. The highest BCUT2D eigenvalue weighted by Gasteiger charge is 2.34. The van der Waals surface area contributed by atoms with Crippen LogP contribution in [0.5, 0.6) is 0 Å². The van der Waals surface area contributed by atoms with Gasteiger partial charge in [0.25, 0.3) is 0 Å². The summed E-state index contributed by atoms with van der Waals surface area (Å²) < 4.78 is 27.6. The average molecular weight is 317 g/mol. The van der Waals surface area contributed by atoms with Crippen LogP contribution in [0.1, 0.15) is 38.7 Å². The highest BCUT2D eigenvalue weighted by atomic mass is 35.5. The van der Waals surface area contributed by atoms with Crippen LogP contribution < -0.4 is 10.5 Å². The lowest BCUT2D eigenvalue weighted by Crippen LogP contribution is -2.33. The maximum absolute atomic E-state index is 12.4. The number of nitrogen functional groups attached to an aromatic ring is 1. The minimum absolute atomic E-state index is 0.0337. The van der Waals surface area contributed by atoms with E-state index in [9.17, 15) is 8.42 Å². The lowest BCUT2D eigenvalue weighted by molar-refractivity contribution is 0.372. The number of aryl methyl sites for hydroxylation is 1. The summed E-state index contributed by atoms with van der Waals surface area (Å²) in [5.41, 5.74) is 7.18. The fraction of sp³-hybridized carbons (Fsp3) is 0.571. The molecule has 1 unspecified atom stereocenters. The number of sulfonamides is 1. The minimum Gasteiger partial charge on any atom is -0.398 e. The van der Waals surface area contributed by atoms with E-state index in [0.29, 0.717) is 5.69 Å². The molecule has 1 aliphatic carbocycles. The molecule has 0 amide bonds. The van der Waals surface area contributed by atoms with Crippen molar-refractivity contribution in [1.82, 2.24) is 4.72 Å². The summed E-state index contributed by atoms with van der Waals surface area (Å²) >= 11 is 6.05. The Morgan fingerprint density at radius 2 is 2.05 bits per heavy atom. The van der Waals surface area contributed by atoms with Crippen molar-refractivity contribution < 1.29 is 8.42 Å². The summed E-state index contributed by atoms with van der Waals surface area (Å²) in [7, 11) is -3.63.